The van der Waals surface area contributed by atoms with E-state index in [2.05, 4.69) is 5.32 Å². The summed E-state index contributed by atoms with van der Waals surface area (Å²) in [6.45, 7) is -0.205. The highest BCUT2D eigenvalue weighted by atomic mass is 19.1. The molecule has 0 unspecified atom stereocenters. The molecule has 0 heterocycles. The Balaban J connectivity index is 2.33. The minimum atomic E-state index is -0.205. The third-order valence-electron chi connectivity index (χ3n) is 2.10. The number of hydrogen-bond donors (Lipinski definition) is 1. The Hall–Kier alpha value is -0.110. The highest BCUT2D eigenvalue weighted by molar-refractivity contribution is 4.94. The van der Waals surface area contributed by atoms with Gasteiger partial charge in [-0.05, 0) is 26.3 Å². The molecular formula is C6H12FN. The van der Waals surface area contributed by atoms with Gasteiger partial charge in [0.25, 0.3) is 0 Å². The number of rotatable bonds is 2. The van der Waals surface area contributed by atoms with Gasteiger partial charge in [-0.3, -0.25) is 0 Å². The predicted molar refractivity (Wildman–Crippen MR) is 31.6 cm³/mol. The number of alkyl halides is 1. The Morgan fingerprint density at radius 3 is 2.25 bits per heavy atom. The van der Waals surface area contributed by atoms with Crippen LogP contribution in [0.25, 0.3) is 0 Å². The topological polar surface area (TPSA) is 12.0 Å². The maximum Gasteiger partial charge on any atom is 0.108 e. The van der Waals surface area contributed by atoms with Crippen molar-refractivity contribution in [3.8, 4) is 0 Å². The van der Waals surface area contributed by atoms with Crippen molar-refractivity contribution in [3.05, 3.63) is 0 Å². The fourth-order valence-electron chi connectivity index (χ4n) is 1.05. The monoisotopic (exact) mass is 117 g/mol. The standard InChI is InChI=1S/C6H12FN/c1-8-6(5-7)3-2-4-6/h8H,2-5H2,1H3. The van der Waals surface area contributed by atoms with E-state index in [-0.39, 0.29) is 12.2 Å². The van der Waals surface area contributed by atoms with Crippen LogP contribution in [-0.4, -0.2) is 19.3 Å². The molecule has 1 aliphatic carbocycles. The molecular weight excluding hydrogens is 105 g/mol. The van der Waals surface area contributed by atoms with Crippen LogP contribution in [0.4, 0.5) is 4.39 Å². The minimum absolute atomic E-state index is 0.111. The van der Waals surface area contributed by atoms with E-state index in [0.717, 1.165) is 12.8 Å². The van der Waals surface area contributed by atoms with Crippen LogP contribution in [0.3, 0.4) is 0 Å². The van der Waals surface area contributed by atoms with Crippen molar-refractivity contribution < 1.29 is 4.39 Å². The molecule has 0 aromatic carbocycles. The Labute approximate surface area is 49.3 Å². The van der Waals surface area contributed by atoms with Gasteiger partial charge in [-0.1, -0.05) is 0 Å². The highest BCUT2D eigenvalue weighted by Crippen LogP contribution is 2.31. The van der Waals surface area contributed by atoms with E-state index in [1.54, 1.807) is 0 Å². The molecule has 8 heavy (non-hydrogen) atoms. The summed E-state index contributed by atoms with van der Waals surface area (Å²) in [5.41, 5.74) is -0.111. The quantitative estimate of drug-likeness (QED) is 0.571. The molecule has 0 aromatic rings. The molecule has 0 bridgehead atoms. The molecule has 0 radical (unpaired) electrons. The normalized spacial score (nSPS) is 24.8. The van der Waals surface area contributed by atoms with Gasteiger partial charge in [0, 0.05) is 5.54 Å². The summed E-state index contributed by atoms with van der Waals surface area (Å²) in [5, 5.41) is 2.99. The van der Waals surface area contributed by atoms with Gasteiger partial charge >= 0.3 is 0 Å². The van der Waals surface area contributed by atoms with Crippen molar-refractivity contribution in [1.82, 2.24) is 5.32 Å². The molecule has 1 aliphatic rings. The summed E-state index contributed by atoms with van der Waals surface area (Å²) in [6.07, 6.45) is 3.21. The lowest BCUT2D eigenvalue weighted by Gasteiger charge is -2.39. The van der Waals surface area contributed by atoms with Gasteiger partial charge in [0.2, 0.25) is 0 Å². The van der Waals surface area contributed by atoms with E-state index in [1.165, 1.54) is 6.42 Å². The smallest absolute Gasteiger partial charge is 0.108 e. The Morgan fingerprint density at radius 2 is 2.25 bits per heavy atom. The Bertz CT molecular complexity index is 65.1. The molecule has 48 valence electrons. The van der Waals surface area contributed by atoms with E-state index in [4.69, 9.17) is 0 Å². The van der Waals surface area contributed by atoms with Crippen LogP contribution in [-0.2, 0) is 0 Å². The van der Waals surface area contributed by atoms with Crippen LogP contribution in [0.5, 0.6) is 0 Å². The van der Waals surface area contributed by atoms with E-state index in [1.807, 2.05) is 7.05 Å². The summed E-state index contributed by atoms with van der Waals surface area (Å²) in [5.74, 6) is 0. The van der Waals surface area contributed by atoms with E-state index >= 15 is 0 Å². The molecule has 0 amide bonds. The molecule has 1 N–H and O–H groups in total. The maximum atomic E-state index is 12.0. The van der Waals surface area contributed by atoms with Crippen LogP contribution >= 0.6 is 0 Å². The molecule has 1 fully saturated rings. The van der Waals surface area contributed by atoms with Crippen molar-refractivity contribution in [1.29, 1.82) is 0 Å². The summed E-state index contributed by atoms with van der Waals surface area (Å²) in [7, 11) is 1.83. The van der Waals surface area contributed by atoms with Crippen LogP contribution < -0.4 is 5.32 Å². The first-order valence-corrected chi connectivity index (χ1v) is 3.08. The maximum absolute atomic E-state index is 12.0. The van der Waals surface area contributed by atoms with Gasteiger partial charge in [0.05, 0.1) is 0 Å². The Kier molecular flexibility index (Phi) is 1.52. The Morgan fingerprint density at radius 1 is 1.62 bits per heavy atom. The average molecular weight is 117 g/mol. The first-order valence-electron chi connectivity index (χ1n) is 3.08. The largest absolute Gasteiger partial charge is 0.312 e. The molecule has 0 atom stereocenters. The number of nitrogens with one attached hydrogen (secondary N) is 1. The van der Waals surface area contributed by atoms with Crippen molar-refractivity contribution in [2.24, 2.45) is 0 Å². The van der Waals surface area contributed by atoms with Gasteiger partial charge in [-0.15, -0.1) is 0 Å². The van der Waals surface area contributed by atoms with Crippen molar-refractivity contribution in [3.63, 3.8) is 0 Å². The molecule has 1 nitrogen and oxygen atoms in total. The van der Waals surface area contributed by atoms with Crippen LogP contribution in [0, 0.1) is 0 Å². The zero-order valence-electron chi connectivity index (χ0n) is 5.21. The first kappa shape index (κ1) is 6.02. The average Bonchev–Trinajstić information content (AvgIpc) is 1.67. The lowest BCUT2D eigenvalue weighted by molar-refractivity contribution is 0.151. The van der Waals surface area contributed by atoms with Crippen LogP contribution in [0.1, 0.15) is 19.3 Å². The minimum Gasteiger partial charge on any atom is -0.312 e. The van der Waals surface area contributed by atoms with Gasteiger partial charge < -0.3 is 5.32 Å². The molecule has 1 rings (SSSR count). The zero-order valence-corrected chi connectivity index (χ0v) is 5.21. The second-order valence-corrected chi connectivity index (χ2v) is 2.52. The summed E-state index contributed by atoms with van der Waals surface area (Å²) >= 11 is 0. The van der Waals surface area contributed by atoms with Crippen molar-refractivity contribution in [2.45, 2.75) is 24.8 Å². The van der Waals surface area contributed by atoms with E-state index in [0.29, 0.717) is 0 Å². The van der Waals surface area contributed by atoms with Gasteiger partial charge in [-0.2, -0.15) is 0 Å². The van der Waals surface area contributed by atoms with Gasteiger partial charge in [0.1, 0.15) is 6.67 Å². The van der Waals surface area contributed by atoms with Gasteiger partial charge in [0.15, 0.2) is 0 Å². The second-order valence-electron chi connectivity index (χ2n) is 2.52. The third-order valence-corrected chi connectivity index (χ3v) is 2.10. The fraction of sp³-hybridized carbons (Fsp3) is 1.00. The molecule has 0 aliphatic heterocycles. The van der Waals surface area contributed by atoms with Crippen molar-refractivity contribution >= 4 is 0 Å². The molecule has 0 aromatic heterocycles. The van der Waals surface area contributed by atoms with Crippen molar-refractivity contribution in [2.75, 3.05) is 13.7 Å². The van der Waals surface area contributed by atoms with Gasteiger partial charge in [-0.25, -0.2) is 4.39 Å². The molecule has 0 saturated heterocycles. The third kappa shape index (κ3) is 0.730. The van der Waals surface area contributed by atoms with Crippen LogP contribution in [0.15, 0.2) is 0 Å². The van der Waals surface area contributed by atoms with E-state index in [9.17, 15) is 4.39 Å². The lowest BCUT2D eigenvalue weighted by atomic mass is 9.78. The lowest BCUT2D eigenvalue weighted by Crippen LogP contribution is -2.50. The number of hydrogen-bond acceptors (Lipinski definition) is 1. The second kappa shape index (κ2) is 2.02. The highest BCUT2D eigenvalue weighted by Gasteiger charge is 2.34. The van der Waals surface area contributed by atoms with Crippen LogP contribution in [0.2, 0.25) is 0 Å². The molecule has 1 saturated carbocycles. The fourth-order valence-corrected chi connectivity index (χ4v) is 1.05. The first-order chi connectivity index (χ1) is 3.83. The predicted octanol–water partition coefficient (Wildman–Crippen LogP) is 1.10. The molecule has 2 heteroatoms. The number of halogens is 1. The SMILES string of the molecule is CNC1(CF)CCC1. The summed E-state index contributed by atoms with van der Waals surface area (Å²) < 4.78 is 12.0. The van der Waals surface area contributed by atoms with E-state index < -0.39 is 0 Å². The zero-order chi connectivity index (χ0) is 6.04. The molecule has 0 spiro atoms. The summed E-state index contributed by atoms with van der Waals surface area (Å²) in [4.78, 5) is 0. The summed E-state index contributed by atoms with van der Waals surface area (Å²) in [6, 6.07) is 0.